The van der Waals surface area contributed by atoms with Crippen molar-refractivity contribution in [2.24, 2.45) is 17.8 Å². The molecule has 342 valence electrons. The van der Waals surface area contributed by atoms with Crippen molar-refractivity contribution in [2.75, 3.05) is 19.7 Å². The van der Waals surface area contributed by atoms with Crippen LogP contribution in [0.3, 0.4) is 0 Å². The summed E-state index contributed by atoms with van der Waals surface area (Å²) in [4.78, 5) is 37.7. The summed E-state index contributed by atoms with van der Waals surface area (Å²) in [6.07, 6.45) is -5.79. The molecule has 2 fully saturated rings. The number of aliphatic hydroxyl groups excluding tert-OH is 4. The molecule has 16 atom stereocenters. The van der Waals surface area contributed by atoms with Crippen LogP contribution in [0.25, 0.3) is 0 Å². The summed E-state index contributed by atoms with van der Waals surface area (Å²) in [6.45, 7) is 11.8. The average molecular weight is 864 g/mol. The third kappa shape index (κ3) is 13.6. The number of alkyl carbamates (subject to hydrolysis) is 2. The molecule has 1 saturated carbocycles. The molecule has 18 heteroatoms. The van der Waals surface area contributed by atoms with E-state index in [2.05, 4.69) is 16.0 Å². The SMILES string of the molecule is CCC1C=CC(C)C(OC2C(C)CC(NC(=O)C(O)CNC(=O)OC(C)(C)C)C(O)C2OC2OC(CO)C(OC3OC(CNC(=O)OCc4ccccc4)C=CC3C)C2O)O1. The maximum atomic E-state index is 13.2. The van der Waals surface area contributed by atoms with Gasteiger partial charge in [-0.1, -0.05) is 82.3 Å². The van der Waals surface area contributed by atoms with Gasteiger partial charge in [0.15, 0.2) is 18.9 Å². The molecule has 0 radical (unpaired) electrons. The fraction of sp³-hybridized carbons (Fsp3) is 0.698. The van der Waals surface area contributed by atoms with E-state index in [-0.39, 0.29) is 43.4 Å². The van der Waals surface area contributed by atoms with Gasteiger partial charge in [-0.2, -0.15) is 0 Å². The van der Waals surface area contributed by atoms with Crippen molar-refractivity contribution in [2.45, 2.75) is 153 Å². The van der Waals surface area contributed by atoms with Crippen molar-refractivity contribution >= 4 is 18.1 Å². The molecule has 3 aliphatic heterocycles. The van der Waals surface area contributed by atoms with Gasteiger partial charge in [-0.25, -0.2) is 9.59 Å². The molecule has 1 aromatic carbocycles. The zero-order valence-electron chi connectivity index (χ0n) is 36.0. The van der Waals surface area contributed by atoms with Gasteiger partial charge >= 0.3 is 12.2 Å². The Morgan fingerprint density at radius 2 is 1.43 bits per heavy atom. The Hall–Kier alpha value is -3.69. The summed E-state index contributed by atoms with van der Waals surface area (Å²) < 4.78 is 48.1. The number of amides is 3. The van der Waals surface area contributed by atoms with E-state index in [0.717, 1.165) is 5.56 Å². The quantitative estimate of drug-likeness (QED) is 0.118. The van der Waals surface area contributed by atoms with Gasteiger partial charge in [0.1, 0.15) is 48.8 Å². The smallest absolute Gasteiger partial charge is 0.407 e. The molecule has 0 spiro atoms. The normalized spacial score (nSPS) is 35.6. The minimum Gasteiger partial charge on any atom is -0.445 e. The molecule has 18 nitrogen and oxygen atoms in total. The van der Waals surface area contributed by atoms with Crippen LogP contribution in [-0.2, 0) is 49.3 Å². The number of nitrogens with one attached hydrogen (secondary N) is 3. The highest BCUT2D eigenvalue weighted by Gasteiger charge is 2.53. The lowest BCUT2D eigenvalue weighted by Crippen LogP contribution is -2.63. The van der Waals surface area contributed by atoms with Gasteiger partial charge < -0.3 is 74.3 Å². The van der Waals surface area contributed by atoms with E-state index >= 15 is 0 Å². The number of ether oxygens (including phenoxy) is 8. The zero-order chi connectivity index (χ0) is 44.4. The highest BCUT2D eigenvalue weighted by atomic mass is 16.8. The minimum atomic E-state index is -1.68. The summed E-state index contributed by atoms with van der Waals surface area (Å²) >= 11 is 0. The molecule has 1 saturated heterocycles. The standard InChI is InChI=1S/C43H65N3O15/c1-8-27-16-14-23(2)38(55-27)58-34-25(4)18-29(46-37(51)30(48)20-45-42(53)61-43(5,6)7)32(49)36(34)60-40-33(50)35(31(21-47)57-40)59-39-24(3)15-17-28(56-39)19-44-41(52)54-22-26-12-10-9-11-13-26/h9-17,23-25,27-36,38-40,47-50H,8,18-22H2,1-7H3,(H,44,52)(H,45,53)(H,46,51). The van der Waals surface area contributed by atoms with Crippen LogP contribution in [0.5, 0.6) is 0 Å². The van der Waals surface area contributed by atoms with Gasteiger partial charge in [0.25, 0.3) is 5.91 Å². The van der Waals surface area contributed by atoms with Crippen LogP contribution >= 0.6 is 0 Å². The summed E-state index contributed by atoms with van der Waals surface area (Å²) in [5, 5.41) is 52.3. The second-order valence-corrected chi connectivity index (χ2v) is 17.2. The van der Waals surface area contributed by atoms with Crippen molar-refractivity contribution in [1.29, 1.82) is 0 Å². The highest BCUT2D eigenvalue weighted by Crippen LogP contribution is 2.37. The minimum absolute atomic E-state index is 0.0713. The molecule has 3 amide bonds. The van der Waals surface area contributed by atoms with Gasteiger partial charge in [-0.15, -0.1) is 0 Å². The Balaban J connectivity index is 1.25. The molecule has 7 N–H and O–H groups in total. The van der Waals surface area contributed by atoms with Gasteiger partial charge in [0.2, 0.25) is 0 Å². The molecular weight excluding hydrogens is 798 g/mol. The molecule has 0 bridgehead atoms. The predicted octanol–water partition coefficient (Wildman–Crippen LogP) is 2.16. The second kappa shape index (κ2) is 22.1. The zero-order valence-corrected chi connectivity index (χ0v) is 36.0. The van der Waals surface area contributed by atoms with E-state index in [1.165, 1.54) is 0 Å². The Morgan fingerprint density at radius 3 is 2.07 bits per heavy atom. The molecule has 1 aliphatic carbocycles. The second-order valence-electron chi connectivity index (χ2n) is 17.2. The summed E-state index contributed by atoms with van der Waals surface area (Å²) in [7, 11) is 0. The third-order valence-corrected chi connectivity index (χ3v) is 10.9. The first-order valence-electron chi connectivity index (χ1n) is 21.1. The Labute approximate surface area is 357 Å². The molecule has 0 aromatic heterocycles. The number of rotatable bonds is 16. The van der Waals surface area contributed by atoms with Crippen LogP contribution in [-0.4, -0.2) is 144 Å². The van der Waals surface area contributed by atoms with E-state index in [1.807, 2.05) is 76.3 Å². The van der Waals surface area contributed by atoms with Crippen LogP contribution in [0.1, 0.15) is 66.9 Å². The topological polar surface area (TPSA) is 242 Å². The number of hydrogen-bond acceptors (Lipinski definition) is 15. The van der Waals surface area contributed by atoms with Gasteiger partial charge in [-0.05, 0) is 45.1 Å². The maximum absolute atomic E-state index is 13.2. The van der Waals surface area contributed by atoms with E-state index in [9.17, 15) is 34.8 Å². The fourth-order valence-corrected chi connectivity index (χ4v) is 7.48. The van der Waals surface area contributed by atoms with Gasteiger partial charge in [0.05, 0.1) is 44.1 Å². The lowest BCUT2D eigenvalue weighted by Gasteiger charge is -2.46. The summed E-state index contributed by atoms with van der Waals surface area (Å²) in [6, 6.07) is 8.28. The molecule has 5 rings (SSSR count). The Bertz CT molecular complexity index is 1630. The van der Waals surface area contributed by atoms with Crippen LogP contribution in [0.2, 0.25) is 0 Å². The van der Waals surface area contributed by atoms with Crippen molar-refractivity contribution in [3.63, 3.8) is 0 Å². The first kappa shape index (κ1) is 48.3. The van der Waals surface area contributed by atoms with Crippen LogP contribution in [0.15, 0.2) is 54.6 Å². The van der Waals surface area contributed by atoms with Crippen molar-refractivity contribution in [1.82, 2.24) is 16.0 Å². The molecule has 61 heavy (non-hydrogen) atoms. The number of carbonyl (C=O) groups excluding carboxylic acids is 3. The lowest BCUT2D eigenvalue weighted by atomic mass is 9.79. The number of carbonyl (C=O) groups is 3. The van der Waals surface area contributed by atoms with Crippen LogP contribution < -0.4 is 16.0 Å². The lowest BCUT2D eigenvalue weighted by molar-refractivity contribution is -0.290. The predicted molar refractivity (Wildman–Crippen MR) is 217 cm³/mol. The molecular formula is C43H65N3O15. The summed E-state index contributed by atoms with van der Waals surface area (Å²) in [5.74, 6) is -1.71. The molecule has 4 aliphatic rings. The van der Waals surface area contributed by atoms with E-state index in [1.54, 1.807) is 26.8 Å². The first-order chi connectivity index (χ1) is 29.0. The van der Waals surface area contributed by atoms with Gasteiger partial charge in [0, 0.05) is 11.8 Å². The monoisotopic (exact) mass is 863 g/mol. The fourth-order valence-electron chi connectivity index (χ4n) is 7.48. The number of aliphatic hydroxyl groups is 4. The number of benzene rings is 1. The van der Waals surface area contributed by atoms with Crippen LogP contribution in [0.4, 0.5) is 9.59 Å². The van der Waals surface area contributed by atoms with Crippen molar-refractivity contribution < 1.29 is 72.7 Å². The molecule has 3 heterocycles. The Morgan fingerprint density at radius 1 is 0.803 bits per heavy atom. The van der Waals surface area contributed by atoms with E-state index in [0.29, 0.717) is 6.42 Å². The van der Waals surface area contributed by atoms with E-state index in [4.69, 9.17) is 37.9 Å². The van der Waals surface area contributed by atoms with Gasteiger partial charge in [-0.3, -0.25) is 4.79 Å². The van der Waals surface area contributed by atoms with Crippen molar-refractivity contribution in [3.05, 3.63) is 60.2 Å². The third-order valence-electron chi connectivity index (χ3n) is 10.9. The Kier molecular flexibility index (Phi) is 17.5. The number of hydrogen-bond donors (Lipinski definition) is 7. The largest absolute Gasteiger partial charge is 0.445 e. The maximum Gasteiger partial charge on any atom is 0.407 e. The summed E-state index contributed by atoms with van der Waals surface area (Å²) in [5.41, 5.74) is 0.0502. The molecule has 1 aromatic rings. The molecule has 16 unspecified atom stereocenters. The first-order valence-corrected chi connectivity index (χ1v) is 21.1. The van der Waals surface area contributed by atoms with Crippen molar-refractivity contribution in [3.8, 4) is 0 Å². The average Bonchev–Trinajstić information content (AvgIpc) is 3.52. The van der Waals surface area contributed by atoms with E-state index < -0.39 is 111 Å². The highest BCUT2D eigenvalue weighted by molar-refractivity contribution is 5.81. The van der Waals surface area contributed by atoms with Crippen LogP contribution in [0, 0.1) is 17.8 Å².